The van der Waals surface area contributed by atoms with Crippen molar-refractivity contribution < 1.29 is 32.3 Å². The van der Waals surface area contributed by atoms with Crippen molar-refractivity contribution in [3.8, 4) is 5.75 Å². The van der Waals surface area contributed by atoms with E-state index in [2.05, 4.69) is 10.4 Å². The van der Waals surface area contributed by atoms with Crippen LogP contribution < -0.4 is 14.4 Å². The van der Waals surface area contributed by atoms with Gasteiger partial charge in [0.1, 0.15) is 11.1 Å². The molecule has 0 saturated carbocycles. The second-order valence-corrected chi connectivity index (χ2v) is 13.3. The summed E-state index contributed by atoms with van der Waals surface area (Å²) in [5.41, 5.74) is -2.77. The number of aryl methyl sites for hydroxylation is 1. The second kappa shape index (κ2) is 11.2. The number of esters is 1. The molecular formula is C25H35N5O7S2. The van der Waals surface area contributed by atoms with Crippen LogP contribution in [0.4, 0.5) is 10.5 Å². The highest BCUT2D eigenvalue weighted by molar-refractivity contribution is 8.01. The van der Waals surface area contributed by atoms with Gasteiger partial charge in [-0.05, 0) is 65.0 Å². The highest BCUT2D eigenvalue weighted by Gasteiger charge is 2.57. The Morgan fingerprint density at radius 3 is 2.26 bits per heavy atom. The highest BCUT2D eigenvalue weighted by atomic mass is 32.2. The quantitative estimate of drug-likeness (QED) is 0.347. The lowest BCUT2D eigenvalue weighted by molar-refractivity contribution is -0.156. The molecule has 2 atom stereocenters. The third kappa shape index (κ3) is 6.39. The van der Waals surface area contributed by atoms with E-state index in [0.717, 1.165) is 4.31 Å². The number of ketones is 1. The lowest BCUT2D eigenvalue weighted by Crippen LogP contribution is -2.65. The van der Waals surface area contributed by atoms with Crippen LogP contribution in [0.5, 0.6) is 5.75 Å². The molecule has 39 heavy (non-hydrogen) atoms. The average Bonchev–Trinajstić information content (AvgIpc) is 3.44. The second-order valence-electron chi connectivity index (χ2n) is 10.5. The van der Waals surface area contributed by atoms with Gasteiger partial charge in [-0.2, -0.15) is 13.5 Å². The molecule has 0 radical (unpaired) electrons. The molecular weight excluding hydrogens is 546 g/mol. The molecule has 1 N–H and O–H groups in total. The molecule has 14 heteroatoms. The molecule has 0 spiro atoms. The van der Waals surface area contributed by atoms with Gasteiger partial charge >= 0.3 is 12.1 Å². The van der Waals surface area contributed by atoms with Gasteiger partial charge < -0.3 is 14.4 Å². The zero-order chi connectivity index (χ0) is 29.3. The maximum Gasteiger partial charge on any atom is 0.414 e. The number of hydrogen-bond acceptors (Lipinski definition) is 10. The number of hydrogen-bond donors (Lipinski definition) is 1. The number of amides is 1. The van der Waals surface area contributed by atoms with Crippen LogP contribution in [0, 0.1) is 0 Å². The van der Waals surface area contributed by atoms with Crippen molar-refractivity contribution >= 4 is 45.3 Å². The fourth-order valence-electron chi connectivity index (χ4n) is 3.84. The first-order chi connectivity index (χ1) is 18.0. The van der Waals surface area contributed by atoms with E-state index < -0.39 is 50.4 Å². The van der Waals surface area contributed by atoms with Crippen molar-refractivity contribution in [3.05, 3.63) is 36.5 Å². The van der Waals surface area contributed by atoms with Crippen molar-refractivity contribution in [1.29, 1.82) is 0 Å². The Kier molecular flexibility index (Phi) is 8.73. The molecule has 2 aromatic rings. The number of ether oxygens (including phenoxy) is 2. The Labute approximate surface area is 233 Å². The summed E-state index contributed by atoms with van der Waals surface area (Å²) in [7, 11) is -0.00743. The molecule has 3 rings (SSSR count). The number of aromatic nitrogens is 2. The summed E-state index contributed by atoms with van der Waals surface area (Å²) in [5.74, 6) is -1.01. The maximum atomic E-state index is 14.2. The molecule has 1 saturated heterocycles. The first-order valence-corrected chi connectivity index (χ1v) is 14.7. The highest BCUT2D eigenvalue weighted by Crippen LogP contribution is 2.38. The summed E-state index contributed by atoms with van der Waals surface area (Å²) in [6.45, 7) is 8.29. The number of thioether (sulfide) groups is 1. The molecule has 1 amide bonds. The zero-order valence-electron chi connectivity index (χ0n) is 23.3. The van der Waals surface area contributed by atoms with Crippen LogP contribution in [0.2, 0.25) is 0 Å². The number of carbonyl (C=O) groups is 3. The Morgan fingerprint density at radius 1 is 1.18 bits per heavy atom. The summed E-state index contributed by atoms with van der Waals surface area (Å²) >= 11 is 1.28. The smallest absolute Gasteiger partial charge is 0.414 e. The Morgan fingerprint density at radius 2 is 1.79 bits per heavy atom. The number of nitrogens with one attached hydrogen (secondary N) is 1. The molecule has 214 valence electrons. The fraction of sp³-hybridized carbons (Fsp3) is 0.520. The summed E-state index contributed by atoms with van der Waals surface area (Å²) in [4.78, 5) is 41.1. The summed E-state index contributed by atoms with van der Waals surface area (Å²) in [5, 5.41) is 5.99. The van der Waals surface area contributed by atoms with Gasteiger partial charge in [0.25, 0.3) is 10.0 Å². The lowest BCUT2D eigenvalue weighted by atomic mass is 9.94. The topological polar surface area (TPSA) is 140 Å². The van der Waals surface area contributed by atoms with Gasteiger partial charge in [-0.3, -0.25) is 14.8 Å². The van der Waals surface area contributed by atoms with Gasteiger partial charge in [-0.1, -0.05) is 0 Å². The fourth-order valence-corrected chi connectivity index (χ4v) is 6.99. The SMILES string of the molecule is CC(C)OC(=O)[C@@](C)(C(=O)[C@H]1NC(C)(C)CS1)N(c1ccc(OC(=O)N(C)C)cc1)S(=O)(=O)c1ccn(C)n1. The summed E-state index contributed by atoms with van der Waals surface area (Å²) in [6.07, 6.45) is 0.183. The number of carbonyl (C=O) groups excluding carboxylic acids is 3. The van der Waals surface area contributed by atoms with Crippen LogP contribution in [-0.4, -0.2) is 83.3 Å². The minimum absolute atomic E-state index is 0.0240. The van der Waals surface area contributed by atoms with E-state index in [9.17, 15) is 22.8 Å². The van der Waals surface area contributed by atoms with Gasteiger partial charge in [0.2, 0.25) is 5.54 Å². The Bertz CT molecular complexity index is 1340. The number of nitrogens with zero attached hydrogens (tertiary/aromatic N) is 4. The third-order valence-electron chi connectivity index (χ3n) is 5.83. The van der Waals surface area contributed by atoms with Crippen molar-refractivity contribution in [2.24, 2.45) is 7.05 Å². The molecule has 12 nitrogen and oxygen atoms in total. The zero-order valence-corrected chi connectivity index (χ0v) is 24.9. The van der Waals surface area contributed by atoms with Gasteiger partial charge in [0, 0.05) is 38.6 Å². The largest absolute Gasteiger partial charge is 0.461 e. The monoisotopic (exact) mass is 581 g/mol. The first-order valence-electron chi connectivity index (χ1n) is 12.2. The van der Waals surface area contributed by atoms with Crippen LogP contribution in [-0.2, 0) is 31.4 Å². The molecule has 1 aromatic heterocycles. The molecule has 2 heterocycles. The normalized spacial score (nSPS) is 18.3. The Balaban J connectivity index is 2.22. The van der Waals surface area contributed by atoms with E-state index >= 15 is 0 Å². The third-order valence-corrected chi connectivity index (χ3v) is 9.19. The van der Waals surface area contributed by atoms with Gasteiger partial charge in [-0.15, -0.1) is 11.8 Å². The number of Topliss-reactive ketones (excluding diaryl/α,β-unsaturated/α-hetero) is 1. The number of benzene rings is 1. The van der Waals surface area contributed by atoms with Crippen molar-refractivity contribution in [2.75, 3.05) is 24.2 Å². The van der Waals surface area contributed by atoms with Gasteiger partial charge in [-0.25, -0.2) is 13.9 Å². The van der Waals surface area contributed by atoms with Gasteiger partial charge in [0.15, 0.2) is 10.8 Å². The van der Waals surface area contributed by atoms with E-state index in [1.54, 1.807) is 20.9 Å². The molecule has 1 aromatic carbocycles. The van der Waals surface area contributed by atoms with Gasteiger partial charge in [0.05, 0.1) is 11.8 Å². The lowest BCUT2D eigenvalue weighted by Gasteiger charge is -2.39. The molecule has 0 unspecified atom stereocenters. The average molecular weight is 582 g/mol. The van der Waals surface area contributed by atoms with Crippen LogP contribution in [0.1, 0.15) is 34.6 Å². The molecule has 1 aliphatic rings. The van der Waals surface area contributed by atoms with E-state index in [1.807, 2.05) is 13.8 Å². The minimum Gasteiger partial charge on any atom is -0.461 e. The van der Waals surface area contributed by atoms with Crippen LogP contribution >= 0.6 is 11.8 Å². The van der Waals surface area contributed by atoms with Crippen LogP contribution in [0.25, 0.3) is 0 Å². The molecule has 0 aliphatic carbocycles. The molecule has 1 fully saturated rings. The minimum atomic E-state index is -4.60. The molecule has 1 aliphatic heterocycles. The van der Waals surface area contributed by atoms with E-state index in [4.69, 9.17) is 9.47 Å². The van der Waals surface area contributed by atoms with E-state index in [0.29, 0.717) is 5.75 Å². The number of sulfonamides is 1. The van der Waals surface area contributed by atoms with E-state index in [1.165, 1.54) is 78.9 Å². The predicted molar refractivity (Wildman–Crippen MR) is 147 cm³/mol. The first kappa shape index (κ1) is 30.4. The van der Waals surface area contributed by atoms with Crippen molar-refractivity contribution in [2.45, 2.75) is 62.2 Å². The Hall–Kier alpha value is -3.10. The maximum absolute atomic E-state index is 14.2. The van der Waals surface area contributed by atoms with Crippen molar-refractivity contribution in [3.63, 3.8) is 0 Å². The van der Waals surface area contributed by atoms with Crippen LogP contribution in [0.3, 0.4) is 0 Å². The number of anilines is 1. The summed E-state index contributed by atoms with van der Waals surface area (Å²) < 4.78 is 41.1. The number of rotatable bonds is 9. The summed E-state index contributed by atoms with van der Waals surface area (Å²) in [6, 6.07) is 6.74. The van der Waals surface area contributed by atoms with Crippen LogP contribution in [0.15, 0.2) is 41.6 Å². The predicted octanol–water partition coefficient (Wildman–Crippen LogP) is 2.40. The van der Waals surface area contributed by atoms with Crippen molar-refractivity contribution in [1.82, 2.24) is 20.0 Å². The molecule has 0 bridgehead atoms. The standard InChI is InChI=1S/C25H35N5O7S2/c1-16(2)36-22(32)25(5,20(31)21-26-24(3,4)15-38-21)30(39(34,35)19-13-14-29(8)27-19)17-9-11-18(12-10-17)37-23(33)28(6)7/h9-14,16,21,26H,15H2,1-8H3/t21-,25+/m0/s1. The van der Waals surface area contributed by atoms with E-state index in [-0.39, 0.29) is 16.5 Å².